The van der Waals surface area contributed by atoms with Crippen molar-refractivity contribution in [2.75, 3.05) is 18.5 Å². The van der Waals surface area contributed by atoms with Gasteiger partial charge in [0.1, 0.15) is 11.5 Å². The molecule has 4 aromatic rings. The molecule has 0 bridgehead atoms. The molecule has 3 aromatic carbocycles. The van der Waals surface area contributed by atoms with Crippen molar-refractivity contribution in [3.63, 3.8) is 0 Å². The van der Waals surface area contributed by atoms with Gasteiger partial charge in [0.2, 0.25) is 0 Å². The second-order valence-corrected chi connectivity index (χ2v) is 12.4. The summed E-state index contributed by atoms with van der Waals surface area (Å²) in [5.41, 5.74) is 4.27. The SMILES string of the molecule is COc1cccc(C2(c3cccc(OC)c3)C=Cc3c(N(C4CCC4)S(=O)(=O)c4ccc(C)cc4)n[nH]c3C2)c1. The van der Waals surface area contributed by atoms with Gasteiger partial charge in [-0.05, 0) is 73.7 Å². The number of fused-ring (bicyclic) bond motifs is 1. The van der Waals surface area contributed by atoms with Crippen LogP contribution in [0.1, 0.15) is 47.2 Å². The van der Waals surface area contributed by atoms with Crippen LogP contribution in [0.5, 0.6) is 11.5 Å². The molecule has 8 heteroatoms. The van der Waals surface area contributed by atoms with E-state index in [1.807, 2.05) is 49.4 Å². The fourth-order valence-electron chi connectivity index (χ4n) is 5.71. The summed E-state index contributed by atoms with van der Waals surface area (Å²) in [5, 5.41) is 7.88. The van der Waals surface area contributed by atoms with E-state index in [9.17, 15) is 8.42 Å². The van der Waals surface area contributed by atoms with Gasteiger partial charge in [0.15, 0.2) is 5.82 Å². The van der Waals surface area contributed by atoms with E-state index in [0.29, 0.717) is 12.2 Å². The predicted molar refractivity (Wildman–Crippen MR) is 157 cm³/mol. The lowest BCUT2D eigenvalue weighted by atomic mass is 9.68. The third kappa shape index (κ3) is 4.36. The lowest BCUT2D eigenvalue weighted by molar-refractivity contribution is 0.411. The number of aromatic amines is 1. The highest BCUT2D eigenvalue weighted by atomic mass is 32.2. The van der Waals surface area contributed by atoms with E-state index >= 15 is 0 Å². The molecule has 0 saturated heterocycles. The zero-order chi connectivity index (χ0) is 27.9. The molecule has 40 heavy (non-hydrogen) atoms. The molecule has 1 aromatic heterocycles. The quantitative estimate of drug-likeness (QED) is 0.287. The number of nitrogens with one attached hydrogen (secondary N) is 1. The molecule has 0 aliphatic heterocycles. The fourth-order valence-corrected chi connectivity index (χ4v) is 7.39. The normalized spacial score (nSPS) is 16.2. The van der Waals surface area contributed by atoms with Crippen LogP contribution in [0.15, 0.2) is 83.8 Å². The Balaban J connectivity index is 1.47. The number of aromatic nitrogens is 2. The van der Waals surface area contributed by atoms with Crippen molar-refractivity contribution in [1.82, 2.24) is 10.2 Å². The number of methoxy groups -OCH3 is 2. The third-order valence-corrected chi connectivity index (χ3v) is 10.1. The van der Waals surface area contributed by atoms with Crippen molar-refractivity contribution in [1.29, 1.82) is 0 Å². The molecule has 0 atom stereocenters. The van der Waals surface area contributed by atoms with Crippen molar-refractivity contribution in [3.8, 4) is 11.5 Å². The number of rotatable bonds is 8. The summed E-state index contributed by atoms with van der Waals surface area (Å²) in [6.07, 6.45) is 7.38. The van der Waals surface area contributed by atoms with Gasteiger partial charge >= 0.3 is 0 Å². The van der Waals surface area contributed by atoms with E-state index in [-0.39, 0.29) is 10.9 Å². The minimum Gasteiger partial charge on any atom is -0.497 e. The molecule has 6 rings (SSSR count). The number of H-pyrrole nitrogens is 1. The van der Waals surface area contributed by atoms with E-state index < -0.39 is 15.4 Å². The molecule has 7 nitrogen and oxygen atoms in total. The number of aryl methyl sites for hydroxylation is 1. The smallest absolute Gasteiger partial charge is 0.265 e. The van der Waals surface area contributed by atoms with Crippen LogP contribution in [0, 0.1) is 6.92 Å². The van der Waals surface area contributed by atoms with E-state index in [1.54, 1.807) is 30.7 Å². The number of anilines is 1. The number of ether oxygens (including phenoxy) is 2. The van der Waals surface area contributed by atoms with Crippen LogP contribution in [0.4, 0.5) is 5.82 Å². The van der Waals surface area contributed by atoms with Crippen molar-refractivity contribution >= 4 is 21.9 Å². The second-order valence-electron chi connectivity index (χ2n) is 10.6. The molecule has 0 unspecified atom stereocenters. The Labute approximate surface area is 235 Å². The van der Waals surface area contributed by atoms with Crippen molar-refractivity contribution in [3.05, 3.63) is 107 Å². The molecule has 2 aliphatic carbocycles. The minimum absolute atomic E-state index is 0.115. The largest absolute Gasteiger partial charge is 0.497 e. The monoisotopic (exact) mass is 555 g/mol. The van der Waals surface area contributed by atoms with Gasteiger partial charge in [-0.3, -0.25) is 5.10 Å². The number of hydrogen-bond acceptors (Lipinski definition) is 5. The molecule has 1 saturated carbocycles. The molecular formula is C32H33N3O4S. The van der Waals surface area contributed by atoms with Gasteiger partial charge < -0.3 is 9.47 Å². The Hall–Kier alpha value is -4.04. The van der Waals surface area contributed by atoms with Crippen LogP contribution in [-0.2, 0) is 21.9 Å². The molecular weight excluding hydrogens is 522 g/mol. The lowest BCUT2D eigenvalue weighted by Crippen LogP contribution is -2.45. The number of sulfonamides is 1. The van der Waals surface area contributed by atoms with Gasteiger partial charge in [-0.15, -0.1) is 0 Å². The van der Waals surface area contributed by atoms with Crippen LogP contribution in [0.3, 0.4) is 0 Å². The zero-order valence-electron chi connectivity index (χ0n) is 22.9. The van der Waals surface area contributed by atoms with Gasteiger partial charge in [0, 0.05) is 29.1 Å². The highest BCUT2D eigenvalue weighted by molar-refractivity contribution is 7.92. The number of allylic oxidation sites excluding steroid dienone is 1. The highest BCUT2D eigenvalue weighted by Gasteiger charge is 2.42. The molecule has 1 heterocycles. The summed E-state index contributed by atoms with van der Waals surface area (Å²) < 4.78 is 40.7. The maximum absolute atomic E-state index is 14.0. The molecule has 206 valence electrons. The van der Waals surface area contributed by atoms with Gasteiger partial charge in [-0.1, -0.05) is 54.1 Å². The van der Waals surface area contributed by atoms with Crippen molar-refractivity contribution < 1.29 is 17.9 Å². The first-order chi connectivity index (χ1) is 19.4. The number of nitrogens with zero attached hydrogens (tertiary/aromatic N) is 2. The maximum Gasteiger partial charge on any atom is 0.265 e. The zero-order valence-corrected chi connectivity index (χ0v) is 23.7. The topological polar surface area (TPSA) is 84.5 Å². The number of hydrogen-bond donors (Lipinski definition) is 1. The Bertz CT molecular complexity index is 1620. The Morgan fingerprint density at radius 3 is 2.10 bits per heavy atom. The van der Waals surface area contributed by atoms with Crippen LogP contribution >= 0.6 is 0 Å². The number of benzene rings is 3. The molecule has 0 amide bonds. The molecule has 2 aliphatic rings. The molecule has 0 spiro atoms. The van der Waals surface area contributed by atoms with Gasteiger partial charge in [0.05, 0.1) is 19.1 Å². The van der Waals surface area contributed by atoms with Crippen LogP contribution < -0.4 is 13.8 Å². The van der Waals surface area contributed by atoms with Gasteiger partial charge in [-0.2, -0.15) is 5.10 Å². The molecule has 0 radical (unpaired) electrons. The van der Waals surface area contributed by atoms with Gasteiger partial charge in [0.25, 0.3) is 10.0 Å². The summed E-state index contributed by atoms with van der Waals surface area (Å²) in [5.74, 6) is 2.00. The molecule has 1 N–H and O–H groups in total. The summed E-state index contributed by atoms with van der Waals surface area (Å²) in [4.78, 5) is 0.281. The third-order valence-electron chi connectivity index (χ3n) is 8.22. The average Bonchev–Trinajstić information content (AvgIpc) is 3.37. The lowest BCUT2D eigenvalue weighted by Gasteiger charge is -2.38. The van der Waals surface area contributed by atoms with E-state index in [2.05, 4.69) is 40.5 Å². The van der Waals surface area contributed by atoms with E-state index in [4.69, 9.17) is 9.47 Å². The first-order valence-corrected chi connectivity index (χ1v) is 15.0. The van der Waals surface area contributed by atoms with E-state index in [1.165, 1.54) is 0 Å². The Morgan fingerprint density at radius 1 is 0.925 bits per heavy atom. The summed E-state index contributed by atoms with van der Waals surface area (Å²) in [6, 6.07) is 23.1. The van der Waals surface area contributed by atoms with Crippen molar-refractivity contribution in [2.24, 2.45) is 0 Å². The maximum atomic E-state index is 14.0. The predicted octanol–water partition coefficient (Wildman–Crippen LogP) is 6.04. The first-order valence-electron chi connectivity index (χ1n) is 13.5. The van der Waals surface area contributed by atoms with Crippen LogP contribution in [0.2, 0.25) is 0 Å². The van der Waals surface area contributed by atoms with Crippen molar-refractivity contribution in [2.45, 2.75) is 49.0 Å². The van der Waals surface area contributed by atoms with Gasteiger partial charge in [-0.25, -0.2) is 12.7 Å². The minimum atomic E-state index is -3.80. The fraction of sp³-hybridized carbons (Fsp3) is 0.281. The summed E-state index contributed by atoms with van der Waals surface area (Å²) in [7, 11) is -0.474. The summed E-state index contributed by atoms with van der Waals surface area (Å²) >= 11 is 0. The Morgan fingerprint density at radius 2 is 1.55 bits per heavy atom. The molecule has 1 fully saturated rings. The summed E-state index contributed by atoms with van der Waals surface area (Å²) in [6.45, 7) is 1.95. The van der Waals surface area contributed by atoms with Crippen LogP contribution in [-0.4, -0.2) is 38.9 Å². The second kappa shape index (κ2) is 10.2. The van der Waals surface area contributed by atoms with Crippen LogP contribution in [0.25, 0.3) is 6.08 Å². The highest BCUT2D eigenvalue weighted by Crippen LogP contribution is 2.46. The standard InChI is InChI=1S/C32H33N3O4S/c1-22-13-15-28(16-14-22)40(36,37)35(25-9-6-10-25)31-29-17-18-32(21-30(29)33-34-31,23-7-4-11-26(19-23)38-2)24-8-5-12-27(20-24)39-3/h4-5,7-8,11-20,25H,6,9-10,21H2,1-3H3,(H,33,34). The Kier molecular flexibility index (Phi) is 6.66. The first kappa shape index (κ1) is 26.2. The van der Waals surface area contributed by atoms with E-state index in [0.717, 1.165) is 58.7 Å². The average molecular weight is 556 g/mol.